The number of carboxylic acids is 1. The average Bonchev–Trinajstić information content (AvgIpc) is 3.55. The summed E-state index contributed by atoms with van der Waals surface area (Å²) in [5.74, 6) is 0.0264. The molecule has 38 heavy (non-hydrogen) atoms. The molecule has 0 unspecified atom stereocenters. The lowest BCUT2D eigenvalue weighted by atomic mass is 9.93. The highest BCUT2D eigenvalue weighted by Crippen LogP contribution is 2.36. The lowest BCUT2D eigenvalue weighted by Gasteiger charge is -2.17. The van der Waals surface area contributed by atoms with Gasteiger partial charge >= 0.3 is 5.97 Å². The van der Waals surface area contributed by atoms with E-state index in [1.807, 2.05) is 38.1 Å². The minimum atomic E-state index is -3.82. The highest BCUT2D eigenvalue weighted by molar-refractivity contribution is 7.89. The first-order valence-corrected chi connectivity index (χ1v) is 14.6. The van der Waals surface area contributed by atoms with E-state index in [4.69, 9.17) is 20.6 Å². The summed E-state index contributed by atoms with van der Waals surface area (Å²) < 4.78 is 29.3. The maximum Gasteiger partial charge on any atom is 0.355 e. The molecular formula is C27H30N4O5S2. The minimum Gasteiger partial charge on any atom is -0.491 e. The zero-order valence-corrected chi connectivity index (χ0v) is 22.8. The Morgan fingerprint density at radius 2 is 1.92 bits per heavy atom. The van der Waals surface area contributed by atoms with Crippen molar-refractivity contribution >= 4 is 43.9 Å². The van der Waals surface area contributed by atoms with Gasteiger partial charge in [-0.05, 0) is 68.9 Å². The van der Waals surface area contributed by atoms with Crippen molar-refractivity contribution in [3.05, 3.63) is 76.3 Å². The third kappa shape index (κ3) is 7.27. The fourth-order valence-corrected chi connectivity index (χ4v) is 5.10. The second-order valence-electron chi connectivity index (χ2n) is 9.48. The maximum absolute atomic E-state index is 11.7. The third-order valence-corrected chi connectivity index (χ3v) is 7.61. The van der Waals surface area contributed by atoms with Gasteiger partial charge in [-0.15, -0.1) is 11.3 Å². The van der Waals surface area contributed by atoms with Crippen LogP contribution in [-0.2, 0) is 16.4 Å². The van der Waals surface area contributed by atoms with Gasteiger partial charge in [0.25, 0.3) is 0 Å². The standard InChI is InChI=1S/C27H30N4O5S2/c1-16(2)36-20-5-3-4-19(14-20)25(28)22(12-17-8-10-21(11-9-17)38(29,34)35)23(13-18-6-7-18)30-27-31-24(15-37-27)26(32)33/h3-5,8-11,14-16,18H,6-7,12-13,28H2,1-2H3,(H,32,33)(H2,29,34,35). The summed E-state index contributed by atoms with van der Waals surface area (Å²) in [5, 5.41) is 16.4. The average molecular weight is 555 g/mol. The van der Waals surface area contributed by atoms with E-state index in [1.165, 1.54) is 17.5 Å². The number of primary sulfonamides is 1. The summed E-state index contributed by atoms with van der Waals surface area (Å²) in [5.41, 5.74) is 10.3. The molecule has 11 heteroatoms. The molecule has 5 N–H and O–H groups in total. The largest absolute Gasteiger partial charge is 0.491 e. The van der Waals surface area contributed by atoms with Gasteiger partial charge in [0.05, 0.1) is 11.0 Å². The van der Waals surface area contributed by atoms with Gasteiger partial charge in [0.1, 0.15) is 5.75 Å². The normalized spacial score (nSPS) is 14.9. The Labute approximate surface area is 225 Å². The summed E-state index contributed by atoms with van der Waals surface area (Å²) in [6, 6.07) is 13.8. The molecule has 0 aliphatic heterocycles. The number of aromatic nitrogens is 1. The maximum atomic E-state index is 11.7. The van der Waals surface area contributed by atoms with Crippen LogP contribution >= 0.6 is 11.3 Å². The van der Waals surface area contributed by atoms with Crippen molar-refractivity contribution < 1.29 is 23.1 Å². The molecular weight excluding hydrogens is 524 g/mol. The molecule has 1 fully saturated rings. The Morgan fingerprint density at radius 3 is 2.50 bits per heavy atom. The number of hydrogen-bond acceptors (Lipinski definition) is 8. The zero-order chi connectivity index (χ0) is 27.4. The second-order valence-corrected chi connectivity index (χ2v) is 11.9. The van der Waals surface area contributed by atoms with Crippen molar-refractivity contribution in [1.29, 1.82) is 0 Å². The third-order valence-electron chi connectivity index (χ3n) is 5.94. The van der Waals surface area contributed by atoms with Crippen molar-refractivity contribution in [2.75, 3.05) is 0 Å². The highest BCUT2D eigenvalue weighted by Gasteiger charge is 2.27. The molecule has 0 radical (unpaired) electrons. The van der Waals surface area contributed by atoms with Crippen molar-refractivity contribution in [1.82, 2.24) is 4.98 Å². The number of benzene rings is 2. The van der Waals surface area contributed by atoms with Crippen molar-refractivity contribution in [3.63, 3.8) is 0 Å². The minimum absolute atomic E-state index is 0.00686. The molecule has 4 rings (SSSR count). The number of aliphatic imine (C=N–C) groups is 1. The van der Waals surface area contributed by atoms with Crippen LogP contribution in [0.3, 0.4) is 0 Å². The van der Waals surface area contributed by atoms with E-state index >= 15 is 0 Å². The highest BCUT2D eigenvalue weighted by atomic mass is 32.2. The van der Waals surface area contributed by atoms with Crippen molar-refractivity contribution in [2.45, 2.75) is 50.5 Å². The van der Waals surface area contributed by atoms with Crippen LogP contribution in [0, 0.1) is 5.92 Å². The first-order chi connectivity index (χ1) is 18.0. The topological polar surface area (TPSA) is 158 Å². The smallest absolute Gasteiger partial charge is 0.355 e. The van der Waals surface area contributed by atoms with Crippen LogP contribution in [0.2, 0.25) is 0 Å². The van der Waals surface area contributed by atoms with E-state index in [-0.39, 0.29) is 16.7 Å². The first kappa shape index (κ1) is 27.5. The number of hydrogen-bond donors (Lipinski definition) is 3. The predicted molar refractivity (Wildman–Crippen MR) is 148 cm³/mol. The van der Waals surface area contributed by atoms with Crippen LogP contribution in [0.1, 0.15) is 54.7 Å². The van der Waals surface area contributed by atoms with Crippen LogP contribution in [0.15, 0.2) is 69.4 Å². The summed E-state index contributed by atoms with van der Waals surface area (Å²) >= 11 is 1.16. The SMILES string of the molecule is CC(C)Oc1cccc(C(N)=C(Cc2ccc(S(N)(=O)=O)cc2)C(CC2CC2)=Nc2nc(C(=O)O)cs2)c1. The van der Waals surface area contributed by atoms with Crippen molar-refractivity contribution in [3.8, 4) is 5.75 Å². The van der Waals surface area contributed by atoms with E-state index in [0.29, 0.717) is 35.3 Å². The summed E-state index contributed by atoms with van der Waals surface area (Å²) in [6.45, 7) is 3.89. The Balaban J connectivity index is 1.82. The number of sulfonamides is 1. The Kier molecular flexibility index (Phi) is 8.29. The lowest BCUT2D eigenvalue weighted by molar-refractivity contribution is 0.0691. The number of aromatic carboxylic acids is 1. The number of nitrogens with zero attached hydrogens (tertiary/aromatic N) is 2. The quantitative estimate of drug-likeness (QED) is 0.288. The van der Waals surface area contributed by atoms with Gasteiger partial charge in [-0.3, -0.25) is 0 Å². The van der Waals surface area contributed by atoms with Gasteiger partial charge in [0.2, 0.25) is 15.2 Å². The molecule has 3 aromatic rings. The van der Waals surface area contributed by atoms with Gasteiger partial charge in [0.15, 0.2) is 5.69 Å². The summed E-state index contributed by atoms with van der Waals surface area (Å²) in [6.07, 6.45) is 3.17. The zero-order valence-electron chi connectivity index (χ0n) is 21.1. The van der Waals surface area contributed by atoms with E-state index in [9.17, 15) is 18.3 Å². The van der Waals surface area contributed by atoms with Crippen LogP contribution in [0.4, 0.5) is 5.13 Å². The second kappa shape index (κ2) is 11.5. The summed E-state index contributed by atoms with van der Waals surface area (Å²) in [7, 11) is -3.82. The number of ether oxygens (including phenoxy) is 1. The van der Waals surface area contributed by atoms with E-state index in [2.05, 4.69) is 4.98 Å². The molecule has 2 aromatic carbocycles. The van der Waals surface area contributed by atoms with Gasteiger partial charge in [0, 0.05) is 34.3 Å². The molecule has 1 saturated carbocycles. The molecule has 0 bridgehead atoms. The van der Waals surface area contributed by atoms with Gasteiger partial charge in [-0.1, -0.05) is 24.3 Å². The van der Waals surface area contributed by atoms with Crippen molar-refractivity contribution in [2.24, 2.45) is 21.8 Å². The molecule has 1 aliphatic carbocycles. The number of allylic oxidation sites excluding steroid dienone is 1. The van der Waals surface area contributed by atoms with Crippen LogP contribution < -0.4 is 15.6 Å². The first-order valence-electron chi connectivity index (χ1n) is 12.1. The van der Waals surface area contributed by atoms with E-state index in [0.717, 1.165) is 46.6 Å². The molecule has 0 atom stereocenters. The number of carboxylic acid groups (broad SMARTS) is 1. The number of carbonyl (C=O) groups is 1. The number of nitrogens with two attached hydrogens (primary N) is 2. The Bertz CT molecular complexity index is 1490. The Hall–Kier alpha value is -3.54. The fourth-order valence-electron chi connectivity index (χ4n) is 3.90. The monoisotopic (exact) mass is 554 g/mol. The van der Waals surface area contributed by atoms with Gasteiger partial charge in [-0.25, -0.2) is 28.3 Å². The molecule has 1 heterocycles. The summed E-state index contributed by atoms with van der Waals surface area (Å²) in [4.78, 5) is 20.3. The van der Waals surface area contributed by atoms with E-state index in [1.54, 1.807) is 12.1 Å². The van der Waals surface area contributed by atoms with Crippen LogP contribution in [-0.4, -0.2) is 36.3 Å². The van der Waals surface area contributed by atoms with Gasteiger partial charge < -0.3 is 15.6 Å². The molecule has 0 spiro atoms. The fraction of sp³-hybridized carbons (Fsp3) is 0.296. The molecule has 0 amide bonds. The molecule has 0 saturated heterocycles. The number of thiazole rings is 1. The number of rotatable bonds is 11. The van der Waals surface area contributed by atoms with Crippen LogP contribution in [0.5, 0.6) is 5.75 Å². The van der Waals surface area contributed by atoms with Crippen LogP contribution in [0.25, 0.3) is 5.70 Å². The Morgan fingerprint density at radius 1 is 1.21 bits per heavy atom. The molecule has 1 aliphatic rings. The molecule has 1 aromatic heterocycles. The lowest BCUT2D eigenvalue weighted by Crippen LogP contribution is -2.15. The van der Waals surface area contributed by atoms with Gasteiger partial charge in [-0.2, -0.15) is 0 Å². The predicted octanol–water partition coefficient (Wildman–Crippen LogP) is 4.76. The molecule has 9 nitrogen and oxygen atoms in total. The molecule has 200 valence electrons. The van der Waals surface area contributed by atoms with E-state index < -0.39 is 16.0 Å².